The van der Waals surface area contributed by atoms with Crippen LogP contribution in [0.4, 0.5) is 5.69 Å². The number of nitrogens with zero attached hydrogens (tertiary/aromatic N) is 1. The van der Waals surface area contributed by atoms with Crippen molar-refractivity contribution in [1.82, 2.24) is 5.32 Å². The van der Waals surface area contributed by atoms with Crippen molar-refractivity contribution in [3.63, 3.8) is 0 Å². The predicted molar refractivity (Wildman–Crippen MR) is 73.8 cm³/mol. The molecule has 1 fully saturated rings. The van der Waals surface area contributed by atoms with E-state index in [4.69, 9.17) is 5.73 Å². The van der Waals surface area contributed by atoms with Crippen LogP contribution in [0.1, 0.15) is 18.4 Å². The Hall–Kier alpha value is -1.88. The number of anilines is 1. The Morgan fingerprint density at radius 1 is 1.16 bits per heavy atom. The van der Waals surface area contributed by atoms with Crippen molar-refractivity contribution in [3.05, 3.63) is 29.8 Å². The Kier molecular flexibility index (Phi) is 4.52. The molecule has 1 aromatic rings. The maximum Gasteiger partial charge on any atom is 0.316 e. The normalized spacial score (nSPS) is 15.5. The van der Waals surface area contributed by atoms with E-state index in [-0.39, 0.29) is 0 Å². The topological polar surface area (TPSA) is 75.4 Å². The molecule has 3 N–H and O–H groups in total. The predicted octanol–water partition coefficient (Wildman–Crippen LogP) is 0.431. The molecular weight excluding hydrogens is 242 g/mol. The van der Waals surface area contributed by atoms with Gasteiger partial charge in [-0.1, -0.05) is 12.1 Å². The fourth-order valence-electron chi connectivity index (χ4n) is 2.14. The highest BCUT2D eigenvalue weighted by Crippen LogP contribution is 2.17. The second kappa shape index (κ2) is 6.33. The molecule has 1 aliphatic rings. The number of aryl methyl sites for hydroxylation is 1. The van der Waals surface area contributed by atoms with Crippen molar-refractivity contribution in [2.24, 2.45) is 5.73 Å². The van der Waals surface area contributed by atoms with Gasteiger partial charge in [-0.2, -0.15) is 0 Å². The van der Waals surface area contributed by atoms with Gasteiger partial charge in [0.15, 0.2) is 0 Å². The van der Waals surface area contributed by atoms with E-state index in [2.05, 4.69) is 5.32 Å². The van der Waals surface area contributed by atoms with Gasteiger partial charge in [0.05, 0.1) is 0 Å². The molecule has 2 rings (SSSR count). The molecule has 5 heteroatoms. The minimum Gasteiger partial charge on any atom is -0.346 e. The molecule has 2 amide bonds. The molecule has 19 heavy (non-hydrogen) atoms. The summed E-state index contributed by atoms with van der Waals surface area (Å²) in [7, 11) is 0. The monoisotopic (exact) mass is 261 g/mol. The Labute approximate surface area is 112 Å². The van der Waals surface area contributed by atoms with Crippen LogP contribution in [0.25, 0.3) is 0 Å². The number of hydrogen-bond acceptors (Lipinski definition) is 3. The molecule has 1 saturated heterocycles. The third-order valence-electron chi connectivity index (χ3n) is 3.23. The van der Waals surface area contributed by atoms with Crippen molar-refractivity contribution in [2.45, 2.75) is 19.3 Å². The third-order valence-corrected chi connectivity index (χ3v) is 3.23. The van der Waals surface area contributed by atoms with Gasteiger partial charge in [0, 0.05) is 18.8 Å². The van der Waals surface area contributed by atoms with E-state index in [1.165, 1.54) is 10.5 Å². The fourth-order valence-corrected chi connectivity index (χ4v) is 2.14. The van der Waals surface area contributed by atoms with Gasteiger partial charge in [0.1, 0.15) is 0 Å². The Morgan fingerprint density at radius 2 is 1.89 bits per heavy atom. The van der Waals surface area contributed by atoms with E-state index >= 15 is 0 Å². The third kappa shape index (κ3) is 3.32. The van der Waals surface area contributed by atoms with Crippen LogP contribution in [-0.4, -0.2) is 31.4 Å². The summed E-state index contributed by atoms with van der Waals surface area (Å²) in [5.74, 6) is -1.01. The molecule has 0 aromatic heterocycles. The van der Waals surface area contributed by atoms with Crippen LogP contribution in [0.5, 0.6) is 0 Å². The molecular formula is C14H19N3O2. The molecule has 0 aliphatic carbocycles. The quantitative estimate of drug-likeness (QED) is 0.596. The first-order chi connectivity index (χ1) is 9.22. The maximum atomic E-state index is 11.7. The number of benzene rings is 1. The van der Waals surface area contributed by atoms with E-state index in [1.54, 1.807) is 0 Å². The molecule has 0 saturated carbocycles. The van der Waals surface area contributed by atoms with Crippen LogP contribution in [0, 0.1) is 0 Å². The summed E-state index contributed by atoms with van der Waals surface area (Å²) in [6, 6.07) is 7.81. The summed E-state index contributed by atoms with van der Waals surface area (Å²) in [6.45, 7) is 1.75. The van der Waals surface area contributed by atoms with Gasteiger partial charge < -0.3 is 16.0 Å². The van der Waals surface area contributed by atoms with E-state index < -0.39 is 11.8 Å². The minimum absolute atomic E-state index is 0.484. The standard InChI is InChI=1S/C14H19N3O2/c15-8-2-1-3-11-4-6-12(7-5-11)17-10-9-16-13(18)14(17)19/h4-7H,1-3,8-10,15H2,(H,16,18). The zero-order valence-electron chi connectivity index (χ0n) is 10.9. The summed E-state index contributed by atoms with van der Waals surface area (Å²) in [4.78, 5) is 24.5. The first-order valence-electron chi connectivity index (χ1n) is 6.61. The fraction of sp³-hybridized carbons (Fsp3) is 0.429. The van der Waals surface area contributed by atoms with Gasteiger partial charge in [0.2, 0.25) is 0 Å². The zero-order chi connectivity index (χ0) is 13.7. The Morgan fingerprint density at radius 3 is 2.58 bits per heavy atom. The molecule has 5 nitrogen and oxygen atoms in total. The molecule has 0 unspecified atom stereocenters. The maximum absolute atomic E-state index is 11.7. The van der Waals surface area contributed by atoms with Crippen LogP contribution in [-0.2, 0) is 16.0 Å². The van der Waals surface area contributed by atoms with Crippen molar-refractivity contribution >= 4 is 17.5 Å². The lowest BCUT2D eigenvalue weighted by Crippen LogP contribution is -2.52. The van der Waals surface area contributed by atoms with Crippen LogP contribution in [0.2, 0.25) is 0 Å². The number of rotatable bonds is 5. The smallest absolute Gasteiger partial charge is 0.316 e. The lowest BCUT2D eigenvalue weighted by molar-refractivity contribution is -0.138. The molecule has 0 bridgehead atoms. The summed E-state index contributed by atoms with van der Waals surface area (Å²) < 4.78 is 0. The Balaban J connectivity index is 2.01. The summed E-state index contributed by atoms with van der Waals surface area (Å²) in [5, 5.41) is 2.54. The average molecular weight is 261 g/mol. The molecule has 1 aliphatic heterocycles. The van der Waals surface area contributed by atoms with Gasteiger partial charge in [-0.25, -0.2) is 0 Å². The van der Waals surface area contributed by atoms with Crippen LogP contribution < -0.4 is 16.0 Å². The van der Waals surface area contributed by atoms with E-state index in [1.807, 2.05) is 24.3 Å². The van der Waals surface area contributed by atoms with Gasteiger partial charge in [-0.05, 0) is 43.5 Å². The van der Waals surface area contributed by atoms with Crippen molar-refractivity contribution in [1.29, 1.82) is 0 Å². The largest absolute Gasteiger partial charge is 0.346 e. The van der Waals surface area contributed by atoms with Crippen molar-refractivity contribution in [3.8, 4) is 0 Å². The summed E-state index contributed by atoms with van der Waals surface area (Å²) in [6.07, 6.45) is 3.08. The average Bonchev–Trinajstić information content (AvgIpc) is 2.43. The van der Waals surface area contributed by atoms with Gasteiger partial charge in [-0.3, -0.25) is 9.59 Å². The summed E-state index contributed by atoms with van der Waals surface area (Å²) >= 11 is 0. The van der Waals surface area contributed by atoms with E-state index in [0.717, 1.165) is 31.5 Å². The van der Waals surface area contributed by atoms with Crippen molar-refractivity contribution in [2.75, 3.05) is 24.5 Å². The molecule has 1 heterocycles. The highest BCUT2D eigenvalue weighted by atomic mass is 16.2. The van der Waals surface area contributed by atoms with Crippen LogP contribution >= 0.6 is 0 Å². The number of nitrogens with two attached hydrogens (primary N) is 1. The number of piperazine rings is 1. The number of hydrogen-bond donors (Lipinski definition) is 2. The Bertz CT molecular complexity index is 456. The first kappa shape index (κ1) is 13.5. The van der Waals surface area contributed by atoms with E-state index in [9.17, 15) is 9.59 Å². The lowest BCUT2D eigenvalue weighted by atomic mass is 10.1. The second-order valence-corrected chi connectivity index (χ2v) is 4.62. The molecule has 1 aromatic carbocycles. The SMILES string of the molecule is NCCCCc1ccc(N2CCNC(=O)C2=O)cc1. The zero-order valence-corrected chi connectivity index (χ0v) is 10.9. The lowest BCUT2D eigenvalue weighted by Gasteiger charge is -2.26. The number of nitrogens with one attached hydrogen (secondary N) is 1. The van der Waals surface area contributed by atoms with Crippen LogP contribution in [0.15, 0.2) is 24.3 Å². The number of carbonyl (C=O) groups is 2. The van der Waals surface area contributed by atoms with Crippen molar-refractivity contribution < 1.29 is 9.59 Å². The number of amides is 2. The first-order valence-corrected chi connectivity index (χ1v) is 6.61. The number of unbranched alkanes of at least 4 members (excludes halogenated alkanes) is 1. The molecule has 0 atom stereocenters. The minimum atomic E-state index is -0.529. The summed E-state index contributed by atoms with van der Waals surface area (Å²) in [5.41, 5.74) is 7.47. The van der Waals surface area contributed by atoms with Gasteiger partial charge >= 0.3 is 11.8 Å². The van der Waals surface area contributed by atoms with Crippen LogP contribution in [0.3, 0.4) is 0 Å². The second-order valence-electron chi connectivity index (χ2n) is 4.62. The van der Waals surface area contributed by atoms with E-state index in [0.29, 0.717) is 13.1 Å². The van der Waals surface area contributed by atoms with Gasteiger partial charge in [0.25, 0.3) is 0 Å². The number of carbonyl (C=O) groups excluding carboxylic acids is 2. The molecule has 0 spiro atoms. The van der Waals surface area contributed by atoms with Gasteiger partial charge in [-0.15, -0.1) is 0 Å². The highest BCUT2D eigenvalue weighted by molar-refractivity contribution is 6.41. The molecule has 0 radical (unpaired) electrons. The highest BCUT2D eigenvalue weighted by Gasteiger charge is 2.26. The molecule has 102 valence electrons.